The van der Waals surface area contributed by atoms with Gasteiger partial charge >= 0.3 is 5.97 Å². The number of rotatable bonds is 2. The fourth-order valence-electron chi connectivity index (χ4n) is 2.30. The Morgan fingerprint density at radius 2 is 2.00 bits per heavy atom. The van der Waals surface area contributed by atoms with Gasteiger partial charge in [-0.15, -0.1) is 0 Å². The summed E-state index contributed by atoms with van der Waals surface area (Å²) >= 11 is 5.80. The van der Waals surface area contributed by atoms with Crippen molar-refractivity contribution in [1.29, 1.82) is 0 Å². The van der Waals surface area contributed by atoms with Crippen LogP contribution < -0.4 is 0 Å². The molecule has 1 aliphatic heterocycles. The molecule has 0 spiro atoms. The van der Waals surface area contributed by atoms with E-state index < -0.39 is 0 Å². The second kappa shape index (κ2) is 6.06. The minimum absolute atomic E-state index is 0.0646. The number of piperidine rings is 1. The van der Waals surface area contributed by atoms with E-state index in [9.17, 15) is 9.59 Å². The highest BCUT2D eigenvalue weighted by atomic mass is 35.5. The smallest absolute Gasteiger partial charge is 0.310 e. The molecule has 5 heteroatoms. The number of methoxy groups -OCH3 is 1. The molecule has 1 aromatic rings. The summed E-state index contributed by atoms with van der Waals surface area (Å²) in [6, 6.07) is 6.78. The van der Waals surface area contributed by atoms with Crippen LogP contribution in [0.25, 0.3) is 0 Å². The van der Waals surface area contributed by atoms with Crippen LogP contribution in [0.1, 0.15) is 23.2 Å². The first-order chi connectivity index (χ1) is 9.11. The molecule has 0 radical (unpaired) electrons. The van der Waals surface area contributed by atoms with Gasteiger partial charge in [-0.25, -0.2) is 0 Å². The number of likely N-dealkylation sites (tertiary alicyclic amines) is 1. The van der Waals surface area contributed by atoms with Gasteiger partial charge in [-0.1, -0.05) is 11.6 Å². The van der Waals surface area contributed by atoms with E-state index >= 15 is 0 Å². The lowest BCUT2D eigenvalue weighted by Gasteiger charge is -2.31. The molecule has 102 valence electrons. The van der Waals surface area contributed by atoms with Crippen molar-refractivity contribution in [2.45, 2.75) is 12.8 Å². The Labute approximate surface area is 117 Å². The Morgan fingerprint density at radius 1 is 1.32 bits per heavy atom. The predicted octanol–water partition coefficient (Wildman–Crippen LogP) is 2.37. The van der Waals surface area contributed by atoms with Crippen molar-refractivity contribution in [3.8, 4) is 0 Å². The summed E-state index contributed by atoms with van der Waals surface area (Å²) in [6.07, 6.45) is 1.59. The minimum atomic E-state index is -0.242. The molecule has 19 heavy (non-hydrogen) atoms. The number of hydrogen-bond donors (Lipinski definition) is 0. The van der Waals surface area contributed by atoms with Gasteiger partial charge in [-0.2, -0.15) is 0 Å². The van der Waals surface area contributed by atoms with Crippen molar-refractivity contribution in [2.75, 3.05) is 20.2 Å². The van der Waals surface area contributed by atoms with Crippen molar-refractivity contribution >= 4 is 23.5 Å². The van der Waals surface area contributed by atoms with E-state index in [2.05, 4.69) is 0 Å². The molecule has 2 rings (SSSR count). The van der Waals surface area contributed by atoms with Gasteiger partial charge in [0.1, 0.15) is 0 Å². The van der Waals surface area contributed by atoms with Gasteiger partial charge in [-0.05, 0) is 37.1 Å². The number of benzene rings is 1. The van der Waals surface area contributed by atoms with E-state index in [1.54, 1.807) is 29.2 Å². The summed E-state index contributed by atoms with van der Waals surface area (Å²) in [7, 11) is 1.38. The Balaban J connectivity index is 2.06. The Kier molecular flexibility index (Phi) is 4.43. The van der Waals surface area contributed by atoms with Crippen molar-refractivity contribution in [1.82, 2.24) is 4.90 Å². The van der Waals surface area contributed by atoms with Gasteiger partial charge in [0, 0.05) is 23.7 Å². The molecule has 1 amide bonds. The van der Waals surface area contributed by atoms with Crippen LogP contribution in [0.2, 0.25) is 5.02 Å². The molecule has 0 aliphatic carbocycles. The largest absolute Gasteiger partial charge is 0.469 e. The Morgan fingerprint density at radius 3 is 2.63 bits per heavy atom. The normalized spacial score (nSPS) is 19.1. The zero-order valence-electron chi connectivity index (χ0n) is 10.8. The highest BCUT2D eigenvalue weighted by Crippen LogP contribution is 2.20. The maximum Gasteiger partial charge on any atom is 0.310 e. The van der Waals surface area contributed by atoms with Gasteiger partial charge in [0.15, 0.2) is 0 Å². The monoisotopic (exact) mass is 281 g/mol. The highest BCUT2D eigenvalue weighted by Gasteiger charge is 2.29. The zero-order chi connectivity index (χ0) is 13.8. The van der Waals surface area contributed by atoms with Crippen LogP contribution in [-0.4, -0.2) is 37.0 Å². The van der Waals surface area contributed by atoms with Crippen LogP contribution >= 0.6 is 11.6 Å². The number of nitrogens with zero attached hydrogens (tertiary/aromatic N) is 1. The van der Waals surface area contributed by atoms with Crippen LogP contribution in [0.15, 0.2) is 24.3 Å². The Hall–Kier alpha value is -1.55. The average molecular weight is 282 g/mol. The fraction of sp³-hybridized carbons (Fsp3) is 0.429. The number of esters is 1. The number of amides is 1. The van der Waals surface area contributed by atoms with E-state index in [1.165, 1.54) is 7.11 Å². The summed E-state index contributed by atoms with van der Waals surface area (Å²) in [6.45, 7) is 1.10. The van der Waals surface area contributed by atoms with Crippen LogP contribution in [0, 0.1) is 5.92 Å². The van der Waals surface area contributed by atoms with E-state index in [4.69, 9.17) is 16.3 Å². The molecule has 1 heterocycles. The standard InChI is InChI=1S/C14H16ClNO3/c1-19-14(18)11-3-2-8-16(9-11)13(17)10-4-6-12(15)7-5-10/h4-7,11H,2-3,8-9H2,1H3/t11-/m1/s1. The summed E-state index contributed by atoms with van der Waals surface area (Å²) in [4.78, 5) is 25.5. The molecule has 0 unspecified atom stereocenters. The molecular weight excluding hydrogens is 266 g/mol. The van der Waals surface area contributed by atoms with E-state index in [0.29, 0.717) is 23.7 Å². The molecule has 0 bridgehead atoms. The quantitative estimate of drug-likeness (QED) is 0.782. The predicted molar refractivity (Wildman–Crippen MR) is 72.1 cm³/mol. The van der Waals surface area contributed by atoms with Gasteiger partial charge in [0.05, 0.1) is 13.0 Å². The third-order valence-corrected chi connectivity index (χ3v) is 3.59. The molecule has 0 N–H and O–H groups in total. The van der Waals surface area contributed by atoms with Gasteiger partial charge in [-0.3, -0.25) is 9.59 Å². The number of halogens is 1. The molecule has 0 saturated carbocycles. The molecular formula is C14H16ClNO3. The molecule has 1 saturated heterocycles. The maximum atomic E-state index is 12.3. The summed E-state index contributed by atoms with van der Waals surface area (Å²) in [5, 5.41) is 0.600. The number of hydrogen-bond acceptors (Lipinski definition) is 3. The van der Waals surface area contributed by atoms with Crippen molar-refractivity contribution in [3.63, 3.8) is 0 Å². The molecule has 4 nitrogen and oxygen atoms in total. The third kappa shape index (κ3) is 3.26. The summed E-state index contributed by atoms with van der Waals surface area (Å²) in [5.74, 6) is -0.520. The fourth-order valence-corrected chi connectivity index (χ4v) is 2.42. The van der Waals surface area contributed by atoms with Crippen LogP contribution in [-0.2, 0) is 9.53 Å². The highest BCUT2D eigenvalue weighted by molar-refractivity contribution is 6.30. The Bertz CT molecular complexity index is 472. The topological polar surface area (TPSA) is 46.6 Å². The van der Waals surface area contributed by atoms with E-state index in [0.717, 1.165) is 12.8 Å². The molecule has 1 fully saturated rings. The van der Waals surface area contributed by atoms with Crippen LogP contribution in [0.5, 0.6) is 0 Å². The lowest BCUT2D eigenvalue weighted by molar-refractivity contribution is -0.146. The molecule has 0 aromatic heterocycles. The van der Waals surface area contributed by atoms with Crippen LogP contribution in [0.3, 0.4) is 0 Å². The van der Waals surface area contributed by atoms with Gasteiger partial charge in [0.2, 0.25) is 0 Å². The molecule has 1 atom stereocenters. The first-order valence-electron chi connectivity index (χ1n) is 6.24. The number of carbonyl (C=O) groups is 2. The first kappa shape index (κ1) is 13.9. The average Bonchev–Trinajstić information content (AvgIpc) is 2.46. The third-order valence-electron chi connectivity index (χ3n) is 3.33. The minimum Gasteiger partial charge on any atom is -0.469 e. The summed E-state index contributed by atoms with van der Waals surface area (Å²) in [5.41, 5.74) is 0.593. The summed E-state index contributed by atoms with van der Waals surface area (Å²) < 4.78 is 4.74. The first-order valence-corrected chi connectivity index (χ1v) is 6.62. The SMILES string of the molecule is COC(=O)[C@@H]1CCCN(C(=O)c2ccc(Cl)cc2)C1. The van der Waals surface area contributed by atoms with E-state index in [1.807, 2.05) is 0 Å². The lowest BCUT2D eigenvalue weighted by Crippen LogP contribution is -2.42. The van der Waals surface area contributed by atoms with Crippen molar-refractivity contribution in [3.05, 3.63) is 34.9 Å². The molecule has 1 aromatic carbocycles. The van der Waals surface area contributed by atoms with Crippen molar-refractivity contribution < 1.29 is 14.3 Å². The zero-order valence-corrected chi connectivity index (χ0v) is 11.5. The van der Waals surface area contributed by atoms with Gasteiger partial charge in [0.25, 0.3) is 5.91 Å². The second-order valence-corrected chi connectivity index (χ2v) is 5.06. The van der Waals surface area contributed by atoms with Crippen molar-refractivity contribution in [2.24, 2.45) is 5.92 Å². The van der Waals surface area contributed by atoms with Crippen LogP contribution in [0.4, 0.5) is 0 Å². The lowest BCUT2D eigenvalue weighted by atomic mass is 9.97. The molecule has 1 aliphatic rings. The number of carbonyl (C=O) groups excluding carboxylic acids is 2. The van der Waals surface area contributed by atoms with Gasteiger partial charge < -0.3 is 9.64 Å². The maximum absolute atomic E-state index is 12.3. The number of ether oxygens (including phenoxy) is 1. The second-order valence-electron chi connectivity index (χ2n) is 4.62. The van der Waals surface area contributed by atoms with E-state index in [-0.39, 0.29) is 17.8 Å².